The van der Waals surface area contributed by atoms with Gasteiger partial charge in [0.25, 0.3) is 5.56 Å². The Hall–Kier alpha value is -2.49. The number of thiazole rings is 1. The van der Waals surface area contributed by atoms with Crippen molar-refractivity contribution in [3.63, 3.8) is 0 Å². The smallest absolute Gasteiger partial charge is 0.263 e. The van der Waals surface area contributed by atoms with E-state index in [4.69, 9.17) is 9.97 Å². The van der Waals surface area contributed by atoms with Crippen LogP contribution in [0.5, 0.6) is 0 Å². The van der Waals surface area contributed by atoms with Crippen LogP contribution in [0.4, 0.5) is 10.8 Å². The van der Waals surface area contributed by atoms with E-state index in [0.717, 1.165) is 32.0 Å². The summed E-state index contributed by atoms with van der Waals surface area (Å²) in [5.74, 6) is 0.472. The second kappa shape index (κ2) is 9.17. The monoisotopic (exact) mass is 484 g/mol. The first-order valence-electron chi connectivity index (χ1n) is 10.2. The van der Waals surface area contributed by atoms with Crippen LogP contribution >= 0.6 is 34.4 Å². The molecule has 0 unspecified atom stereocenters. The molecule has 0 N–H and O–H groups in total. The molecule has 6 nitrogen and oxygen atoms in total. The van der Waals surface area contributed by atoms with E-state index in [1.165, 1.54) is 30.0 Å². The zero-order chi connectivity index (χ0) is 23.0. The standard InChI is InChI=1S/C23H24N4O2S3/c1-13(2)26-21(29)19-14(3)15(4)32-20(19)25-23(26)31-12-17-11-30-22(24-17)27(16(5)28)18-9-7-6-8-10-18/h6-11,13H,12H2,1-5H3. The fourth-order valence-electron chi connectivity index (χ4n) is 3.45. The number of thioether (sulfide) groups is 1. The lowest BCUT2D eigenvalue weighted by atomic mass is 10.2. The molecule has 0 saturated carbocycles. The number of aryl methyl sites for hydroxylation is 2. The van der Waals surface area contributed by atoms with Crippen LogP contribution in [0.15, 0.2) is 45.7 Å². The zero-order valence-corrected chi connectivity index (χ0v) is 21.0. The van der Waals surface area contributed by atoms with Crippen molar-refractivity contribution in [3.05, 3.63) is 62.2 Å². The number of carbonyl (C=O) groups is 1. The van der Waals surface area contributed by atoms with Gasteiger partial charge in [0.2, 0.25) is 5.91 Å². The summed E-state index contributed by atoms with van der Waals surface area (Å²) in [6.07, 6.45) is 0. The van der Waals surface area contributed by atoms with Gasteiger partial charge in [-0.25, -0.2) is 9.97 Å². The minimum atomic E-state index is -0.0889. The van der Waals surface area contributed by atoms with Gasteiger partial charge in [-0.3, -0.25) is 19.1 Å². The van der Waals surface area contributed by atoms with E-state index >= 15 is 0 Å². The third-order valence-corrected chi connectivity index (χ3v) is 8.09. The molecule has 0 aliphatic rings. The number of amides is 1. The molecule has 0 radical (unpaired) electrons. The average molecular weight is 485 g/mol. The highest BCUT2D eigenvalue weighted by Gasteiger charge is 2.20. The molecule has 9 heteroatoms. The average Bonchev–Trinajstić information content (AvgIpc) is 3.31. The van der Waals surface area contributed by atoms with Crippen molar-refractivity contribution in [2.24, 2.45) is 0 Å². The summed E-state index contributed by atoms with van der Waals surface area (Å²) in [6.45, 7) is 9.55. The van der Waals surface area contributed by atoms with Crippen molar-refractivity contribution in [1.82, 2.24) is 14.5 Å². The lowest BCUT2D eigenvalue weighted by molar-refractivity contribution is -0.115. The van der Waals surface area contributed by atoms with Crippen LogP contribution in [0.2, 0.25) is 0 Å². The third kappa shape index (κ3) is 4.24. The Morgan fingerprint density at radius 3 is 2.56 bits per heavy atom. The molecule has 4 rings (SSSR count). The van der Waals surface area contributed by atoms with Crippen molar-refractivity contribution >= 4 is 61.4 Å². The summed E-state index contributed by atoms with van der Waals surface area (Å²) in [5, 5.41) is 4.01. The summed E-state index contributed by atoms with van der Waals surface area (Å²) < 4.78 is 1.77. The highest BCUT2D eigenvalue weighted by Crippen LogP contribution is 2.33. The predicted molar refractivity (Wildman–Crippen MR) is 135 cm³/mol. The van der Waals surface area contributed by atoms with Crippen LogP contribution in [-0.4, -0.2) is 20.4 Å². The van der Waals surface area contributed by atoms with Gasteiger partial charge >= 0.3 is 0 Å². The van der Waals surface area contributed by atoms with Crippen molar-refractivity contribution < 1.29 is 4.79 Å². The van der Waals surface area contributed by atoms with Crippen molar-refractivity contribution in [2.75, 3.05) is 4.90 Å². The number of hydrogen-bond acceptors (Lipinski definition) is 7. The Morgan fingerprint density at radius 2 is 1.91 bits per heavy atom. The molecule has 1 aromatic carbocycles. The number of aromatic nitrogens is 3. The second-order valence-corrected chi connectivity index (χ2v) is 10.7. The summed E-state index contributed by atoms with van der Waals surface area (Å²) in [5.41, 5.74) is 2.67. The molecule has 0 atom stereocenters. The van der Waals surface area contributed by atoms with Gasteiger partial charge in [0.1, 0.15) is 4.83 Å². The quantitative estimate of drug-likeness (QED) is 0.245. The molecule has 0 fully saturated rings. The van der Waals surface area contributed by atoms with Gasteiger partial charge < -0.3 is 0 Å². The SMILES string of the molecule is CC(=O)N(c1ccccc1)c1nc(CSc2nc3sc(C)c(C)c3c(=O)n2C(C)C)cs1. The molecule has 0 spiro atoms. The number of fused-ring (bicyclic) bond motifs is 1. The Balaban J connectivity index is 1.64. The van der Waals surface area contributed by atoms with Crippen molar-refractivity contribution in [2.45, 2.75) is 51.6 Å². The van der Waals surface area contributed by atoms with Crippen LogP contribution in [0, 0.1) is 13.8 Å². The van der Waals surface area contributed by atoms with Gasteiger partial charge in [-0.2, -0.15) is 0 Å². The molecule has 32 heavy (non-hydrogen) atoms. The molecular weight excluding hydrogens is 460 g/mol. The van der Waals surface area contributed by atoms with Crippen LogP contribution in [0.3, 0.4) is 0 Å². The number of nitrogens with zero attached hydrogens (tertiary/aromatic N) is 4. The molecule has 1 amide bonds. The summed E-state index contributed by atoms with van der Waals surface area (Å²) in [6, 6.07) is 9.50. The minimum absolute atomic E-state index is 0.00112. The van der Waals surface area contributed by atoms with Crippen LogP contribution in [0.25, 0.3) is 10.2 Å². The number of thiophene rings is 1. The zero-order valence-electron chi connectivity index (χ0n) is 18.6. The van der Waals surface area contributed by atoms with Crippen LogP contribution < -0.4 is 10.5 Å². The van der Waals surface area contributed by atoms with E-state index in [1.807, 2.05) is 63.4 Å². The van der Waals surface area contributed by atoms with Crippen molar-refractivity contribution in [1.29, 1.82) is 0 Å². The van der Waals surface area contributed by atoms with Crippen LogP contribution in [0.1, 0.15) is 42.9 Å². The summed E-state index contributed by atoms with van der Waals surface area (Å²) in [4.78, 5) is 38.5. The number of carbonyl (C=O) groups excluding carboxylic acids is 1. The maximum atomic E-state index is 13.2. The molecule has 0 saturated heterocycles. The van der Waals surface area contributed by atoms with E-state index in [9.17, 15) is 9.59 Å². The van der Waals surface area contributed by atoms with Gasteiger partial charge in [0.15, 0.2) is 10.3 Å². The summed E-state index contributed by atoms with van der Waals surface area (Å²) in [7, 11) is 0. The summed E-state index contributed by atoms with van der Waals surface area (Å²) >= 11 is 4.49. The molecule has 0 aliphatic heterocycles. The van der Waals surface area contributed by atoms with Gasteiger partial charge in [-0.05, 0) is 45.4 Å². The minimum Gasteiger partial charge on any atom is -0.284 e. The number of hydrogen-bond donors (Lipinski definition) is 0. The van der Waals surface area contributed by atoms with E-state index in [0.29, 0.717) is 16.0 Å². The Morgan fingerprint density at radius 1 is 1.19 bits per heavy atom. The maximum Gasteiger partial charge on any atom is 0.263 e. The highest BCUT2D eigenvalue weighted by atomic mass is 32.2. The van der Waals surface area contributed by atoms with E-state index in [1.54, 1.807) is 20.8 Å². The molecule has 3 heterocycles. The lowest BCUT2D eigenvalue weighted by Gasteiger charge is -2.17. The first-order valence-corrected chi connectivity index (χ1v) is 12.9. The third-order valence-electron chi connectivity index (χ3n) is 5.13. The Labute approximate surface area is 199 Å². The Bertz CT molecular complexity index is 1340. The molecule has 4 aromatic rings. The number of benzene rings is 1. The fraction of sp³-hybridized carbons (Fsp3) is 0.304. The molecule has 166 valence electrons. The highest BCUT2D eigenvalue weighted by molar-refractivity contribution is 7.98. The van der Waals surface area contributed by atoms with Gasteiger partial charge in [0.05, 0.1) is 16.8 Å². The first kappa shape index (κ1) is 22.7. The largest absolute Gasteiger partial charge is 0.284 e. The number of para-hydroxylation sites is 1. The van der Waals surface area contributed by atoms with Crippen molar-refractivity contribution in [3.8, 4) is 0 Å². The first-order chi connectivity index (χ1) is 15.3. The Kier molecular flexibility index (Phi) is 6.50. The van der Waals surface area contributed by atoms with E-state index < -0.39 is 0 Å². The fourth-order valence-corrected chi connectivity index (χ4v) is 6.54. The lowest BCUT2D eigenvalue weighted by Crippen LogP contribution is -2.25. The second-order valence-electron chi connectivity index (χ2n) is 7.73. The molecule has 0 aliphatic carbocycles. The molecular formula is C23H24N4O2S3. The maximum absolute atomic E-state index is 13.2. The predicted octanol–water partition coefficient (Wildman–Crippen LogP) is 6.09. The normalized spacial score (nSPS) is 11.4. The topological polar surface area (TPSA) is 68.1 Å². The molecule has 3 aromatic heterocycles. The molecule has 0 bridgehead atoms. The van der Waals surface area contributed by atoms with Gasteiger partial charge in [0, 0.05) is 29.0 Å². The van der Waals surface area contributed by atoms with Crippen LogP contribution in [-0.2, 0) is 10.5 Å². The van der Waals surface area contributed by atoms with E-state index in [2.05, 4.69) is 0 Å². The van der Waals surface area contributed by atoms with Gasteiger partial charge in [-0.1, -0.05) is 30.0 Å². The van der Waals surface area contributed by atoms with Gasteiger partial charge in [-0.15, -0.1) is 22.7 Å². The number of anilines is 2. The number of rotatable bonds is 6. The van der Waals surface area contributed by atoms with E-state index in [-0.39, 0.29) is 17.5 Å².